The number of likely N-dealkylation sites (N-methyl/N-ethyl adjacent to an activating group) is 1. The Labute approximate surface area is 217 Å². The highest BCUT2D eigenvalue weighted by Crippen LogP contribution is 2.32. The van der Waals surface area contributed by atoms with Crippen molar-refractivity contribution < 1.29 is 34.1 Å². The SMILES string of the molecule is CCNC(=O)[C@H]1O[C@@H](n2cnc3c(N)nc(CC4CCN(C(=O)OCC5CNC5=O)CC4)nc32)C(O)C1O. The predicted molar refractivity (Wildman–Crippen MR) is 130 cm³/mol. The van der Waals surface area contributed by atoms with Crippen LogP contribution in [-0.2, 0) is 25.5 Å². The summed E-state index contributed by atoms with van der Waals surface area (Å²) in [6.07, 6.45) is -2.25. The van der Waals surface area contributed by atoms with Crippen LogP contribution in [0.2, 0.25) is 0 Å². The van der Waals surface area contributed by atoms with Crippen molar-refractivity contribution in [2.24, 2.45) is 11.8 Å². The van der Waals surface area contributed by atoms with E-state index >= 15 is 0 Å². The molecule has 5 rings (SSSR count). The quantitative estimate of drug-likeness (QED) is 0.254. The summed E-state index contributed by atoms with van der Waals surface area (Å²) in [5, 5.41) is 26.2. The van der Waals surface area contributed by atoms with Gasteiger partial charge >= 0.3 is 6.09 Å². The maximum absolute atomic E-state index is 12.3. The van der Waals surface area contributed by atoms with Crippen LogP contribution >= 0.6 is 0 Å². The standard InChI is InChI=1S/C23H32N8O7/c1-2-25-21(35)17-15(32)16(33)22(38-17)31-10-27-14-18(24)28-13(29-19(14)31)7-11-3-5-30(6-4-11)23(36)37-9-12-8-26-20(12)34/h10-12,15-17,22,32-33H,2-9H2,1H3,(H,25,35)(H,26,34)(H2,24,28,29)/t12?,15?,16?,17-,22+/m0/s1. The van der Waals surface area contributed by atoms with E-state index in [0.29, 0.717) is 62.4 Å². The Balaban J connectivity index is 1.23. The van der Waals surface area contributed by atoms with Crippen LogP contribution in [0, 0.1) is 11.8 Å². The molecule has 0 aromatic carbocycles. The molecule has 0 saturated carbocycles. The smallest absolute Gasteiger partial charge is 0.409 e. The van der Waals surface area contributed by atoms with Gasteiger partial charge in [0.15, 0.2) is 23.8 Å². The van der Waals surface area contributed by atoms with Gasteiger partial charge in [0.2, 0.25) is 5.91 Å². The summed E-state index contributed by atoms with van der Waals surface area (Å²) in [6, 6.07) is 0. The van der Waals surface area contributed by atoms with E-state index in [0.717, 1.165) is 0 Å². The van der Waals surface area contributed by atoms with Gasteiger partial charge in [-0.2, -0.15) is 0 Å². The molecule has 38 heavy (non-hydrogen) atoms. The van der Waals surface area contributed by atoms with Crippen LogP contribution in [0.15, 0.2) is 6.33 Å². The molecule has 3 aliphatic heterocycles. The molecule has 5 heterocycles. The number of aliphatic hydroxyl groups excluding tert-OH is 2. The van der Waals surface area contributed by atoms with Crippen LogP contribution in [0.25, 0.3) is 11.2 Å². The number of fused-ring (bicyclic) bond motifs is 1. The van der Waals surface area contributed by atoms with Crippen molar-refractivity contribution in [3.05, 3.63) is 12.2 Å². The molecular weight excluding hydrogens is 500 g/mol. The van der Waals surface area contributed by atoms with Crippen LogP contribution in [0.1, 0.15) is 31.8 Å². The second-order valence-electron chi connectivity index (χ2n) is 9.83. The molecule has 3 unspecified atom stereocenters. The van der Waals surface area contributed by atoms with E-state index in [1.807, 2.05) is 0 Å². The first-order valence-electron chi connectivity index (χ1n) is 12.7. The minimum Gasteiger partial charge on any atom is -0.448 e. The Morgan fingerprint density at radius 3 is 2.68 bits per heavy atom. The molecule has 2 aromatic rings. The molecule has 15 heteroatoms. The molecule has 0 radical (unpaired) electrons. The van der Waals surface area contributed by atoms with Gasteiger partial charge in [-0.3, -0.25) is 14.2 Å². The number of imidazole rings is 1. The number of amides is 3. The van der Waals surface area contributed by atoms with Gasteiger partial charge in [-0.1, -0.05) is 0 Å². The third-order valence-electron chi connectivity index (χ3n) is 7.26. The zero-order chi connectivity index (χ0) is 27.0. The minimum absolute atomic E-state index is 0.0892. The van der Waals surface area contributed by atoms with Crippen molar-refractivity contribution in [3.8, 4) is 0 Å². The topological polar surface area (TPSA) is 207 Å². The number of β-lactam (4-membered cyclic amide) rings is 1. The van der Waals surface area contributed by atoms with Gasteiger partial charge < -0.3 is 41.0 Å². The zero-order valence-corrected chi connectivity index (χ0v) is 20.9. The molecule has 0 aliphatic carbocycles. The number of rotatable bonds is 7. The van der Waals surface area contributed by atoms with Gasteiger partial charge in [-0.25, -0.2) is 19.7 Å². The molecule has 3 fully saturated rings. The number of nitrogens with two attached hydrogens (primary N) is 1. The largest absolute Gasteiger partial charge is 0.448 e. The number of carbonyl (C=O) groups is 3. The second kappa shape index (κ2) is 10.7. The molecule has 6 N–H and O–H groups in total. The monoisotopic (exact) mass is 532 g/mol. The molecule has 2 aromatic heterocycles. The first-order valence-corrected chi connectivity index (χ1v) is 12.7. The lowest BCUT2D eigenvalue weighted by Crippen LogP contribution is -2.51. The number of nitrogens with zero attached hydrogens (tertiary/aromatic N) is 5. The number of ether oxygens (including phenoxy) is 2. The van der Waals surface area contributed by atoms with Crippen LogP contribution in [-0.4, -0.2) is 104 Å². The number of aromatic nitrogens is 4. The van der Waals surface area contributed by atoms with Gasteiger partial charge in [0.05, 0.1) is 12.2 Å². The number of nitrogen functional groups attached to an aromatic ring is 1. The predicted octanol–water partition coefficient (Wildman–Crippen LogP) is -1.70. The summed E-state index contributed by atoms with van der Waals surface area (Å²) in [5.74, 6) is -0.0476. The van der Waals surface area contributed by atoms with E-state index in [1.54, 1.807) is 11.8 Å². The highest BCUT2D eigenvalue weighted by molar-refractivity contribution is 5.85. The molecule has 206 valence electrons. The van der Waals surface area contributed by atoms with E-state index in [1.165, 1.54) is 10.9 Å². The molecule has 15 nitrogen and oxygen atoms in total. The van der Waals surface area contributed by atoms with E-state index in [-0.39, 0.29) is 30.2 Å². The number of carbonyl (C=O) groups excluding carboxylic acids is 3. The third kappa shape index (κ3) is 4.96. The number of anilines is 1. The van der Waals surface area contributed by atoms with E-state index in [4.69, 9.17) is 15.2 Å². The lowest BCUT2D eigenvalue weighted by atomic mass is 9.93. The second-order valence-corrected chi connectivity index (χ2v) is 9.83. The number of hydrogen-bond acceptors (Lipinski definition) is 11. The fourth-order valence-corrected chi connectivity index (χ4v) is 4.95. The van der Waals surface area contributed by atoms with Crippen LogP contribution in [0.5, 0.6) is 0 Å². The lowest BCUT2D eigenvalue weighted by molar-refractivity contribution is -0.137. The first-order chi connectivity index (χ1) is 18.3. The molecule has 3 aliphatic rings. The van der Waals surface area contributed by atoms with Gasteiger partial charge in [0, 0.05) is 32.6 Å². The average Bonchev–Trinajstić information content (AvgIpc) is 3.44. The number of hydrogen-bond donors (Lipinski definition) is 5. The fraction of sp³-hybridized carbons (Fsp3) is 0.652. The van der Waals surface area contributed by atoms with Gasteiger partial charge in [0.1, 0.15) is 30.2 Å². The summed E-state index contributed by atoms with van der Waals surface area (Å²) in [5.41, 5.74) is 6.79. The Hall–Kier alpha value is -3.56. The van der Waals surface area contributed by atoms with Gasteiger partial charge in [0.25, 0.3) is 5.91 Å². The Bertz CT molecular complexity index is 1210. The highest BCUT2D eigenvalue weighted by Gasteiger charge is 2.47. The molecular formula is C23H32N8O7. The van der Waals surface area contributed by atoms with Crippen molar-refractivity contribution in [1.82, 2.24) is 35.1 Å². The Morgan fingerprint density at radius 1 is 1.26 bits per heavy atom. The number of aliphatic hydroxyl groups is 2. The third-order valence-corrected chi connectivity index (χ3v) is 7.26. The van der Waals surface area contributed by atoms with Gasteiger partial charge in [-0.15, -0.1) is 0 Å². The normalized spacial score (nSPS) is 27.7. The molecule has 0 bridgehead atoms. The summed E-state index contributed by atoms with van der Waals surface area (Å²) >= 11 is 0. The molecule has 3 saturated heterocycles. The van der Waals surface area contributed by atoms with E-state index in [9.17, 15) is 24.6 Å². The van der Waals surface area contributed by atoms with Gasteiger partial charge in [-0.05, 0) is 25.7 Å². The summed E-state index contributed by atoms with van der Waals surface area (Å²) in [4.78, 5) is 50.8. The van der Waals surface area contributed by atoms with Crippen LogP contribution in [0.4, 0.5) is 10.6 Å². The molecule has 3 amide bonds. The number of likely N-dealkylation sites (tertiary alicyclic amines) is 1. The van der Waals surface area contributed by atoms with E-state index < -0.39 is 36.5 Å². The fourth-order valence-electron chi connectivity index (χ4n) is 4.95. The summed E-state index contributed by atoms with van der Waals surface area (Å²) in [7, 11) is 0. The summed E-state index contributed by atoms with van der Waals surface area (Å²) in [6.45, 7) is 3.74. The Morgan fingerprint density at radius 2 is 2.03 bits per heavy atom. The maximum atomic E-state index is 12.3. The Kier molecular flexibility index (Phi) is 7.32. The van der Waals surface area contributed by atoms with Crippen molar-refractivity contribution in [2.45, 2.75) is 50.7 Å². The number of nitrogens with one attached hydrogen (secondary N) is 2. The highest BCUT2D eigenvalue weighted by atomic mass is 16.6. The van der Waals surface area contributed by atoms with Crippen LogP contribution < -0.4 is 16.4 Å². The number of piperidine rings is 1. The zero-order valence-electron chi connectivity index (χ0n) is 20.9. The van der Waals surface area contributed by atoms with E-state index in [2.05, 4.69) is 25.6 Å². The molecule has 0 spiro atoms. The lowest BCUT2D eigenvalue weighted by Gasteiger charge is -2.32. The van der Waals surface area contributed by atoms with Crippen molar-refractivity contribution in [3.63, 3.8) is 0 Å². The first kappa shape index (κ1) is 26.1. The molecule has 5 atom stereocenters. The van der Waals surface area contributed by atoms with Crippen molar-refractivity contribution in [1.29, 1.82) is 0 Å². The average molecular weight is 533 g/mol. The van der Waals surface area contributed by atoms with Crippen molar-refractivity contribution >= 4 is 34.9 Å². The summed E-state index contributed by atoms with van der Waals surface area (Å²) < 4.78 is 12.4. The minimum atomic E-state index is -1.43. The van der Waals surface area contributed by atoms with Crippen molar-refractivity contribution in [2.75, 3.05) is 38.5 Å². The van der Waals surface area contributed by atoms with Crippen LogP contribution in [0.3, 0.4) is 0 Å². The maximum Gasteiger partial charge on any atom is 0.409 e.